The van der Waals surface area contributed by atoms with Gasteiger partial charge in [0.1, 0.15) is 0 Å². The maximum Gasteiger partial charge on any atom is 0.265 e. The van der Waals surface area contributed by atoms with Crippen LogP contribution in [0.15, 0.2) is 36.4 Å². The van der Waals surface area contributed by atoms with E-state index in [4.69, 9.17) is 4.74 Å². The smallest absolute Gasteiger partial charge is 0.265 e. The maximum absolute atomic E-state index is 12.1. The number of carbonyl (C=O) groups excluding carboxylic acids is 1. The van der Waals surface area contributed by atoms with Crippen molar-refractivity contribution in [2.75, 3.05) is 36.5 Å². The van der Waals surface area contributed by atoms with Crippen LogP contribution in [0.4, 0.5) is 11.4 Å². The highest BCUT2D eigenvalue weighted by atomic mass is 32.1. The Hall–Kier alpha value is -1.85. The number of anilines is 2. The molecular formula is C16H18N2O2S. The molecule has 0 bridgehead atoms. The van der Waals surface area contributed by atoms with Crippen LogP contribution in [0, 0.1) is 6.92 Å². The van der Waals surface area contributed by atoms with E-state index < -0.39 is 0 Å². The van der Waals surface area contributed by atoms with Crippen molar-refractivity contribution in [1.29, 1.82) is 0 Å². The number of benzene rings is 1. The van der Waals surface area contributed by atoms with Gasteiger partial charge in [-0.2, -0.15) is 0 Å². The van der Waals surface area contributed by atoms with Crippen molar-refractivity contribution < 1.29 is 9.53 Å². The lowest BCUT2D eigenvalue weighted by molar-refractivity contribution is 0.103. The third-order valence-electron chi connectivity index (χ3n) is 3.47. The van der Waals surface area contributed by atoms with E-state index in [1.54, 1.807) is 0 Å². The lowest BCUT2D eigenvalue weighted by Crippen LogP contribution is -2.36. The first-order chi connectivity index (χ1) is 10.2. The zero-order valence-corrected chi connectivity index (χ0v) is 12.8. The zero-order chi connectivity index (χ0) is 14.7. The molecule has 1 aromatic carbocycles. The molecule has 0 unspecified atom stereocenters. The Balaban J connectivity index is 1.65. The molecule has 0 aliphatic carbocycles. The molecule has 2 heterocycles. The molecule has 1 aromatic heterocycles. The molecule has 1 amide bonds. The van der Waals surface area contributed by atoms with Crippen LogP contribution < -0.4 is 10.2 Å². The molecule has 1 aliphatic heterocycles. The zero-order valence-electron chi connectivity index (χ0n) is 12.0. The summed E-state index contributed by atoms with van der Waals surface area (Å²) in [6, 6.07) is 11.8. The van der Waals surface area contributed by atoms with Crippen molar-refractivity contribution in [2.24, 2.45) is 0 Å². The second-order valence-electron chi connectivity index (χ2n) is 5.01. The average Bonchev–Trinajstić information content (AvgIpc) is 2.96. The number of amides is 1. The molecule has 4 nitrogen and oxygen atoms in total. The Morgan fingerprint density at radius 3 is 2.48 bits per heavy atom. The molecule has 21 heavy (non-hydrogen) atoms. The topological polar surface area (TPSA) is 41.6 Å². The molecule has 1 fully saturated rings. The van der Waals surface area contributed by atoms with Gasteiger partial charge in [-0.05, 0) is 43.3 Å². The van der Waals surface area contributed by atoms with Crippen molar-refractivity contribution in [2.45, 2.75) is 6.92 Å². The number of carbonyl (C=O) groups is 1. The van der Waals surface area contributed by atoms with Crippen LogP contribution in [0.1, 0.15) is 14.5 Å². The molecule has 0 spiro atoms. The van der Waals surface area contributed by atoms with Gasteiger partial charge in [-0.25, -0.2) is 0 Å². The van der Waals surface area contributed by atoms with Crippen LogP contribution in [0.25, 0.3) is 0 Å². The number of nitrogens with zero attached hydrogens (tertiary/aromatic N) is 1. The van der Waals surface area contributed by atoms with Crippen molar-refractivity contribution in [3.63, 3.8) is 0 Å². The summed E-state index contributed by atoms with van der Waals surface area (Å²) in [6.07, 6.45) is 0. The molecule has 1 aliphatic rings. The number of morpholine rings is 1. The summed E-state index contributed by atoms with van der Waals surface area (Å²) in [5.41, 5.74) is 1.99. The predicted octanol–water partition coefficient (Wildman–Crippen LogP) is 3.15. The van der Waals surface area contributed by atoms with Crippen LogP contribution in [0.3, 0.4) is 0 Å². The van der Waals surface area contributed by atoms with E-state index in [0.29, 0.717) is 0 Å². The largest absolute Gasteiger partial charge is 0.378 e. The lowest BCUT2D eigenvalue weighted by atomic mass is 10.2. The minimum atomic E-state index is -0.0489. The van der Waals surface area contributed by atoms with E-state index in [-0.39, 0.29) is 5.91 Å². The summed E-state index contributed by atoms with van der Waals surface area (Å²) in [5.74, 6) is -0.0489. The van der Waals surface area contributed by atoms with E-state index in [0.717, 1.165) is 41.7 Å². The van der Waals surface area contributed by atoms with Crippen LogP contribution in [-0.4, -0.2) is 32.2 Å². The number of nitrogens with one attached hydrogen (secondary N) is 1. The molecule has 0 radical (unpaired) electrons. The Morgan fingerprint density at radius 1 is 1.14 bits per heavy atom. The highest BCUT2D eigenvalue weighted by Gasteiger charge is 2.12. The number of rotatable bonds is 3. The van der Waals surface area contributed by atoms with Crippen molar-refractivity contribution in [3.8, 4) is 0 Å². The minimum Gasteiger partial charge on any atom is -0.378 e. The third-order valence-corrected chi connectivity index (χ3v) is 4.47. The number of hydrogen-bond acceptors (Lipinski definition) is 4. The van der Waals surface area contributed by atoms with Gasteiger partial charge in [0.05, 0.1) is 18.1 Å². The molecule has 0 saturated carbocycles. The van der Waals surface area contributed by atoms with Gasteiger partial charge in [0.15, 0.2) is 0 Å². The van der Waals surface area contributed by atoms with E-state index >= 15 is 0 Å². The summed E-state index contributed by atoms with van der Waals surface area (Å²) >= 11 is 1.51. The van der Waals surface area contributed by atoms with Gasteiger partial charge in [-0.1, -0.05) is 0 Å². The van der Waals surface area contributed by atoms with Gasteiger partial charge in [0.25, 0.3) is 5.91 Å². The van der Waals surface area contributed by atoms with Gasteiger partial charge in [-0.15, -0.1) is 11.3 Å². The molecule has 2 aromatic rings. The summed E-state index contributed by atoms with van der Waals surface area (Å²) in [5, 5.41) is 2.93. The quantitative estimate of drug-likeness (QED) is 0.947. The van der Waals surface area contributed by atoms with Gasteiger partial charge in [-0.3, -0.25) is 4.79 Å². The Kier molecular flexibility index (Phi) is 4.22. The van der Waals surface area contributed by atoms with Crippen LogP contribution in [0.2, 0.25) is 0 Å². The van der Waals surface area contributed by atoms with E-state index in [1.807, 2.05) is 43.3 Å². The lowest BCUT2D eigenvalue weighted by Gasteiger charge is -2.28. The number of aryl methyl sites for hydroxylation is 1. The van der Waals surface area contributed by atoms with E-state index in [2.05, 4.69) is 10.2 Å². The van der Waals surface area contributed by atoms with Crippen molar-refractivity contribution >= 4 is 28.6 Å². The van der Waals surface area contributed by atoms with Crippen LogP contribution in [0.5, 0.6) is 0 Å². The van der Waals surface area contributed by atoms with Gasteiger partial charge in [0.2, 0.25) is 0 Å². The summed E-state index contributed by atoms with van der Waals surface area (Å²) < 4.78 is 5.35. The third kappa shape index (κ3) is 3.43. The fraction of sp³-hybridized carbons (Fsp3) is 0.312. The Morgan fingerprint density at radius 2 is 1.86 bits per heavy atom. The highest BCUT2D eigenvalue weighted by molar-refractivity contribution is 7.14. The first-order valence-electron chi connectivity index (χ1n) is 7.03. The first-order valence-corrected chi connectivity index (χ1v) is 7.84. The van der Waals surface area contributed by atoms with E-state index in [1.165, 1.54) is 17.0 Å². The monoisotopic (exact) mass is 302 g/mol. The number of ether oxygens (including phenoxy) is 1. The van der Waals surface area contributed by atoms with Gasteiger partial charge >= 0.3 is 0 Å². The highest BCUT2D eigenvalue weighted by Crippen LogP contribution is 2.21. The maximum atomic E-state index is 12.1. The fourth-order valence-electron chi connectivity index (χ4n) is 2.33. The van der Waals surface area contributed by atoms with Gasteiger partial charge in [0, 0.05) is 29.3 Å². The summed E-state index contributed by atoms with van der Waals surface area (Å²) in [7, 11) is 0. The number of hydrogen-bond donors (Lipinski definition) is 1. The SMILES string of the molecule is Cc1ccc(C(=O)Nc2ccc(N3CCOCC3)cc2)s1. The predicted molar refractivity (Wildman–Crippen MR) is 86.5 cm³/mol. The molecule has 5 heteroatoms. The molecule has 110 valence electrons. The van der Waals surface area contributed by atoms with Crippen molar-refractivity contribution in [1.82, 2.24) is 0 Å². The molecule has 0 atom stereocenters. The first kappa shape index (κ1) is 14.1. The molecular weight excluding hydrogens is 284 g/mol. The molecule has 1 N–H and O–H groups in total. The fourth-order valence-corrected chi connectivity index (χ4v) is 3.09. The second kappa shape index (κ2) is 6.28. The Labute approximate surface area is 128 Å². The Bertz CT molecular complexity index is 615. The summed E-state index contributed by atoms with van der Waals surface area (Å²) in [4.78, 5) is 16.3. The normalized spacial score (nSPS) is 15.0. The van der Waals surface area contributed by atoms with Crippen molar-refractivity contribution in [3.05, 3.63) is 46.2 Å². The van der Waals surface area contributed by atoms with Gasteiger partial charge < -0.3 is 15.0 Å². The van der Waals surface area contributed by atoms with Crippen LogP contribution >= 0.6 is 11.3 Å². The molecule has 1 saturated heterocycles. The van der Waals surface area contributed by atoms with Crippen LogP contribution in [-0.2, 0) is 4.74 Å². The van der Waals surface area contributed by atoms with E-state index in [9.17, 15) is 4.79 Å². The average molecular weight is 302 g/mol. The molecule has 3 rings (SSSR count). The minimum absolute atomic E-state index is 0.0489. The second-order valence-corrected chi connectivity index (χ2v) is 6.30. The summed E-state index contributed by atoms with van der Waals surface area (Å²) in [6.45, 7) is 5.38. The standard InChI is InChI=1S/C16H18N2O2S/c1-12-2-7-15(21-12)16(19)17-13-3-5-14(6-4-13)18-8-10-20-11-9-18/h2-7H,8-11H2,1H3,(H,17,19). The number of thiophene rings is 1.